The SMILES string of the molecule is O=C(c1ccc2c(c1)C1(c3ccccc3-c3ccccc31)c1cc(C(=O)c3ccc4c(c3)C3(c5ccccc5-c5ccccc53)c3cc(N(c5ccccc5)c5ccccc5)ccc3-4)ccc1-2)c1ccc2c(c1)C1(c3ccccc3-c3ccccc31)c1cc(N(c3cc#ccc3)c3ccccc3)ccc1-2. The van der Waals surface area contributed by atoms with E-state index in [-0.39, 0.29) is 11.6 Å². The van der Waals surface area contributed by atoms with Crippen molar-refractivity contribution in [2.45, 2.75) is 16.2 Å². The summed E-state index contributed by atoms with van der Waals surface area (Å²) in [6.07, 6.45) is 0. The fraction of sp³-hybridized carbons (Fsp3) is 0.0297. The molecule has 0 amide bonds. The molecule has 0 saturated carbocycles. The van der Waals surface area contributed by atoms with Crippen LogP contribution in [0.4, 0.5) is 34.1 Å². The van der Waals surface area contributed by atoms with Crippen molar-refractivity contribution in [3.05, 3.63) is 465 Å². The average molecular weight is 1330 g/mol. The van der Waals surface area contributed by atoms with Gasteiger partial charge in [0.1, 0.15) is 0 Å². The Morgan fingerprint density at radius 2 is 0.438 bits per heavy atom. The molecule has 0 radical (unpaired) electrons. The molecule has 4 nitrogen and oxygen atoms in total. The summed E-state index contributed by atoms with van der Waals surface area (Å²) in [5.41, 5.74) is 33.4. The lowest BCUT2D eigenvalue weighted by molar-refractivity contribution is 0.103. The van der Waals surface area contributed by atoms with Gasteiger partial charge in [-0.2, -0.15) is 0 Å². The second kappa shape index (κ2) is 22.1. The van der Waals surface area contributed by atoms with Crippen LogP contribution in [0, 0.1) is 12.1 Å². The van der Waals surface area contributed by atoms with Crippen LogP contribution in [0.2, 0.25) is 0 Å². The van der Waals surface area contributed by atoms with Crippen molar-refractivity contribution in [3.8, 4) is 66.8 Å². The smallest absolute Gasteiger partial charge is 0.193 e. The molecular formula is C101H60N2O2. The number of nitrogens with zero attached hydrogens (tertiary/aromatic N) is 2. The predicted molar refractivity (Wildman–Crippen MR) is 422 cm³/mol. The zero-order chi connectivity index (χ0) is 69.3. The molecule has 105 heavy (non-hydrogen) atoms. The average Bonchev–Trinajstić information content (AvgIpc) is 1.52. The van der Waals surface area contributed by atoms with Gasteiger partial charge in [-0.3, -0.25) is 9.59 Å². The van der Waals surface area contributed by atoms with Crippen molar-refractivity contribution < 1.29 is 9.59 Å². The van der Waals surface area contributed by atoms with Crippen LogP contribution in [0.1, 0.15) is 98.6 Å². The maximum atomic E-state index is 16.2. The fourth-order valence-corrected chi connectivity index (χ4v) is 19.7. The van der Waals surface area contributed by atoms with Gasteiger partial charge in [0.05, 0.1) is 21.9 Å². The third-order valence-corrected chi connectivity index (χ3v) is 23.7. The fourth-order valence-electron chi connectivity index (χ4n) is 19.7. The molecular weight excluding hydrogens is 1270 g/mol. The molecule has 3 spiro atoms. The highest BCUT2D eigenvalue weighted by molar-refractivity contribution is 6.13. The molecule has 4 heteroatoms. The zero-order valence-corrected chi connectivity index (χ0v) is 56.9. The third-order valence-electron chi connectivity index (χ3n) is 23.7. The van der Waals surface area contributed by atoms with E-state index in [0.717, 1.165) is 112 Å². The number of ketones is 2. The van der Waals surface area contributed by atoms with Crippen molar-refractivity contribution >= 4 is 45.7 Å². The second-order valence-corrected chi connectivity index (χ2v) is 28.6. The van der Waals surface area contributed by atoms with Gasteiger partial charge in [-0.05, 0) is 231 Å². The molecule has 16 aromatic rings. The van der Waals surface area contributed by atoms with Crippen LogP contribution in [0.5, 0.6) is 0 Å². The molecule has 486 valence electrons. The first kappa shape index (κ1) is 59.0. The minimum absolute atomic E-state index is 0.0600. The van der Waals surface area contributed by atoms with Crippen LogP contribution in [0.15, 0.2) is 364 Å². The number of rotatable bonds is 10. The quantitative estimate of drug-likeness (QED) is 0.128. The Hall–Kier alpha value is -13.7. The molecule has 0 atom stereocenters. The van der Waals surface area contributed by atoms with Crippen LogP contribution >= 0.6 is 0 Å². The molecule has 16 aromatic carbocycles. The molecule has 0 heterocycles. The minimum atomic E-state index is -0.876. The molecule has 0 aliphatic heterocycles. The van der Waals surface area contributed by atoms with Crippen LogP contribution in [-0.4, -0.2) is 11.6 Å². The lowest BCUT2D eigenvalue weighted by Crippen LogP contribution is -2.27. The molecule has 0 fully saturated rings. The Kier molecular flexibility index (Phi) is 12.4. The highest BCUT2D eigenvalue weighted by Gasteiger charge is 2.56. The van der Waals surface area contributed by atoms with Crippen LogP contribution in [0.3, 0.4) is 0 Å². The van der Waals surface area contributed by atoms with E-state index in [2.05, 4.69) is 350 Å². The van der Waals surface area contributed by atoms with Gasteiger partial charge in [-0.15, -0.1) is 0 Å². The molecule has 0 N–H and O–H groups in total. The molecule has 6 aliphatic rings. The van der Waals surface area contributed by atoms with E-state index in [1.54, 1.807) is 0 Å². The first-order valence-electron chi connectivity index (χ1n) is 36.1. The van der Waals surface area contributed by atoms with Crippen molar-refractivity contribution in [3.63, 3.8) is 0 Å². The lowest BCUT2D eigenvalue weighted by atomic mass is 9.69. The highest BCUT2D eigenvalue weighted by atomic mass is 16.1. The molecule has 22 rings (SSSR count). The largest absolute Gasteiger partial charge is 0.310 e. The Labute approximate surface area is 609 Å². The van der Waals surface area contributed by atoms with Crippen LogP contribution in [0.25, 0.3) is 66.8 Å². The van der Waals surface area contributed by atoms with Gasteiger partial charge in [0.2, 0.25) is 0 Å². The number of carbonyl (C=O) groups is 2. The third kappa shape index (κ3) is 7.91. The van der Waals surface area contributed by atoms with Crippen molar-refractivity contribution in [1.29, 1.82) is 0 Å². The summed E-state index contributed by atoms with van der Waals surface area (Å²) in [4.78, 5) is 37.1. The number of anilines is 6. The molecule has 0 aromatic heterocycles. The van der Waals surface area contributed by atoms with Gasteiger partial charge in [-0.25, -0.2) is 0 Å². The van der Waals surface area contributed by atoms with Crippen LogP contribution < -0.4 is 9.80 Å². The zero-order valence-electron chi connectivity index (χ0n) is 56.9. The van der Waals surface area contributed by atoms with E-state index in [1.165, 1.54) is 55.6 Å². The van der Waals surface area contributed by atoms with Gasteiger partial charge in [-0.1, -0.05) is 273 Å². The molecule has 0 saturated heterocycles. The summed E-state index contributed by atoms with van der Waals surface area (Å²) in [6.45, 7) is 0. The van der Waals surface area contributed by atoms with Crippen LogP contribution in [-0.2, 0) is 16.2 Å². The normalized spacial score (nSPS) is 13.9. The Morgan fingerprint density at radius 3 is 0.714 bits per heavy atom. The van der Waals surface area contributed by atoms with Gasteiger partial charge < -0.3 is 9.80 Å². The summed E-state index contributed by atoms with van der Waals surface area (Å²) in [5, 5.41) is 0. The molecule has 0 unspecified atom stereocenters. The number of para-hydroxylation sites is 3. The monoisotopic (exact) mass is 1330 g/mol. The summed E-state index contributed by atoms with van der Waals surface area (Å²) in [7, 11) is 0. The van der Waals surface area contributed by atoms with E-state index in [0.29, 0.717) is 22.3 Å². The number of fused-ring (bicyclic) bond motifs is 30. The maximum absolute atomic E-state index is 16.2. The number of hydrogen-bond donors (Lipinski definition) is 0. The van der Waals surface area contributed by atoms with Crippen molar-refractivity contribution in [1.82, 2.24) is 0 Å². The number of benzene rings is 15. The Morgan fingerprint density at radius 1 is 0.200 bits per heavy atom. The Bertz CT molecular complexity index is 5850. The van der Waals surface area contributed by atoms with E-state index in [1.807, 2.05) is 36.4 Å². The molecule has 6 aliphatic carbocycles. The molecule has 0 bridgehead atoms. The predicted octanol–water partition coefficient (Wildman–Crippen LogP) is 23.7. The van der Waals surface area contributed by atoms with Gasteiger partial charge in [0, 0.05) is 56.8 Å². The summed E-state index contributed by atoms with van der Waals surface area (Å²) in [6, 6.07) is 136. The van der Waals surface area contributed by atoms with E-state index in [9.17, 15) is 0 Å². The minimum Gasteiger partial charge on any atom is -0.310 e. The summed E-state index contributed by atoms with van der Waals surface area (Å²) >= 11 is 0. The van der Waals surface area contributed by atoms with Gasteiger partial charge in [0.25, 0.3) is 0 Å². The standard InChI is InChI=1S/C101H60N2O2/c104-97(65-47-53-81-83-55-49-71(102(67-25-5-1-6-26-67)68-27-7-2-8-28-68)61-95(83)100(93(81)59-65)87-41-21-15-35-75(87)76-36-16-22-42-88(76)100)63-45-51-79-80-52-46-64(58-92(80)99(91(79)57-63)85-39-19-13-33-73(85)74-34-14-20-40-86(74)99)98(105)66-48-54-82-84-56-50-72(103(69-29-9-3-10-30-69)70-31-11-4-12-32-70)62-96(84)101(94(82)60-66)89-43-23-17-37-77(89)78-38-18-24-44-90(78)101/h1-3,5-11,13-62H. The van der Waals surface area contributed by atoms with E-state index < -0.39 is 16.2 Å². The first-order chi connectivity index (χ1) is 51.9. The number of carbonyl (C=O) groups excluding carboxylic acids is 2. The van der Waals surface area contributed by atoms with Crippen molar-refractivity contribution in [2.24, 2.45) is 0 Å². The Balaban J connectivity index is 0.681. The van der Waals surface area contributed by atoms with Gasteiger partial charge >= 0.3 is 0 Å². The second-order valence-electron chi connectivity index (χ2n) is 28.6. The van der Waals surface area contributed by atoms with Crippen molar-refractivity contribution in [2.75, 3.05) is 9.80 Å². The topological polar surface area (TPSA) is 40.6 Å². The van der Waals surface area contributed by atoms with Gasteiger partial charge in [0.15, 0.2) is 11.6 Å². The first-order valence-corrected chi connectivity index (χ1v) is 36.1. The lowest BCUT2D eigenvalue weighted by Gasteiger charge is -2.32. The summed E-state index contributed by atoms with van der Waals surface area (Å²) < 4.78 is 0. The highest BCUT2D eigenvalue weighted by Crippen LogP contribution is 2.67. The number of hydrogen-bond acceptors (Lipinski definition) is 4. The maximum Gasteiger partial charge on any atom is 0.193 e. The van der Waals surface area contributed by atoms with E-state index >= 15 is 9.59 Å². The summed E-state index contributed by atoms with van der Waals surface area (Å²) in [5.74, 6) is -0.124. The van der Waals surface area contributed by atoms with E-state index in [4.69, 9.17) is 0 Å².